The fraction of sp³-hybridized carbons (Fsp3) is 0.931. The van der Waals surface area contributed by atoms with Crippen LogP contribution in [0.2, 0.25) is 0 Å². The van der Waals surface area contributed by atoms with Gasteiger partial charge in [-0.1, -0.05) is 430 Å². The predicted molar refractivity (Wildman–Crippen MR) is 412 cm³/mol. The summed E-state index contributed by atoms with van der Waals surface area (Å²) in [6.45, 7) is 5.01. The van der Waals surface area contributed by atoms with Crippen LogP contribution in [0.1, 0.15) is 495 Å². The number of amides is 1. The fourth-order valence-electron chi connectivity index (χ4n) is 13.9. The van der Waals surface area contributed by atoms with Crippen molar-refractivity contribution in [2.24, 2.45) is 0 Å². The van der Waals surface area contributed by atoms with Gasteiger partial charge in [0.25, 0.3) is 0 Å². The number of allylic oxidation sites excluding steroid dienone is 4. The third-order valence-corrected chi connectivity index (χ3v) is 20.5. The van der Waals surface area contributed by atoms with Gasteiger partial charge < -0.3 is 20.3 Å². The average molecular weight is 1310 g/mol. The molecule has 93 heavy (non-hydrogen) atoms. The van der Waals surface area contributed by atoms with Gasteiger partial charge in [0.05, 0.1) is 25.4 Å². The number of hydrogen-bond donors (Lipinski definition) is 3. The molecule has 0 bridgehead atoms. The van der Waals surface area contributed by atoms with Crippen LogP contribution >= 0.6 is 0 Å². The highest BCUT2D eigenvalue weighted by Crippen LogP contribution is 2.21. The molecule has 1 amide bonds. The molecule has 6 nitrogen and oxygen atoms in total. The standard InChI is InChI=1S/C87H169NO5/c1-3-5-7-9-11-13-15-17-19-21-22-23-24-36-39-42-45-48-51-55-59-63-67-71-75-79-85(90)84(83-89)88-86(91)80-76-72-68-64-60-56-52-49-46-43-40-37-34-32-30-28-26-25-27-29-31-33-35-38-41-44-47-50-54-58-62-66-70-74-78-82-93-87(92)81-77-73-69-65-61-57-53-20-18-16-14-12-10-8-6-4-2/h20,27,29,53,84-85,89-90H,3-19,21-26,28,30-52,54-83H2,1-2H3,(H,88,91)/b29-27-,53-20-. The fourth-order valence-corrected chi connectivity index (χ4v) is 13.9. The Kier molecular flexibility index (Phi) is 81.3. The van der Waals surface area contributed by atoms with E-state index in [2.05, 4.69) is 43.5 Å². The van der Waals surface area contributed by atoms with E-state index < -0.39 is 12.1 Å². The van der Waals surface area contributed by atoms with E-state index in [1.165, 1.54) is 417 Å². The molecule has 0 saturated carbocycles. The van der Waals surface area contributed by atoms with Crippen LogP contribution in [0.15, 0.2) is 24.3 Å². The summed E-state index contributed by atoms with van der Waals surface area (Å²) in [4.78, 5) is 24.7. The van der Waals surface area contributed by atoms with Gasteiger partial charge >= 0.3 is 5.97 Å². The minimum atomic E-state index is -0.663. The summed E-state index contributed by atoms with van der Waals surface area (Å²) in [7, 11) is 0. The Labute approximate surface area is 583 Å². The van der Waals surface area contributed by atoms with Crippen molar-refractivity contribution >= 4 is 11.9 Å². The summed E-state index contributed by atoms with van der Waals surface area (Å²) in [6.07, 6.45) is 107. The van der Waals surface area contributed by atoms with Crippen LogP contribution in [0.4, 0.5) is 0 Å². The van der Waals surface area contributed by atoms with Crippen molar-refractivity contribution in [2.75, 3.05) is 13.2 Å². The lowest BCUT2D eigenvalue weighted by molar-refractivity contribution is -0.143. The lowest BCUT2D eigenvalue weighted by atomic mass is 10.0. The maximum atomic E-state index is 12.6. The minimum Gasteiger partial charge on any atom is -0.466 e. The molecule has 0 aromatic carbocycles. The molecule has 0 aliphatic carbocycles. The number of carbonyl (C=O) groups excluding carboxylic acids is 2. The number of ether oxygens (including phenoxy) is 1. The highest BCUT2D eigenvalue weighted by Gasteiger charge is 2.20. The number of rotatable bonds is 82. The second kappa shape index (κ2) is 82.8. The number of carbonyl (C=O) groups is 2. The molecule has 0 rings (SSSR count). The molecule has 0 aromatic heterocycles. The van der Waals surface area contributed by atoms with Gasteiger partial charge in [-0.05, 0) is 77.0 Å². The molecule has 552 valence electrons. The van der Waals surface area contributed by atoms with Crippen molar-refractivity contribution in [1.82, 2.24) is 5.32 Å². The van der Waals surface area contributed by atoms with E-state index in [4.69, 9.17) is 4.74 Å². The zero-order valence-electron chi connectivity index (χ0n) is 63.5. The summed E-state index contributed by atoms with van der Waals surface area (Å²) in [6, 6.07) is -0.540. The van der Waals surface area contributed by atoms with Crippen LogP contribution in [-0.2, 0) is 14.3 Å². The summed E-state index contributed by atoms with van der Waals surface area (Å²) in [5, 5.41) is 23.5. The maximum absolute atomic E-state index is 12.6. The first kappa shape index (κ1) is 91.3. The second-order valence-corrected chi connectivity index (χ2v) is 29.9. The Morgan fingerprint density at radius 2 is 0.505 bits per heavy atom. The van der Waals surface area contributed by atoms with Crippen molar-refractivity contribution in [3.05, 3.63) is 24.3 Å². The molecule has 0 fully saturated rings. The number of hydrogen-bond acceptors (Lipinski definition) is 5. The number of aliphatic hydroxyl groups is 2. The molecule has 0 saturated heterocycles. The lowest BCUT2D eigenvalue weighted by Crippen LogP contribution is -2.45. The van der Waals surface area contributed by atoms with Crippen LogP contribution in [0.3, 0.4) is 0 Å². The Balaban J connectivity index is 3.34. The lowest BCUT2D eigenvalue weighted by Gasteiger charge is -2.22. The Hall–Kier alpha value is -1.66. The molecule has 2 unspecified atom stereocenters. The van der Waals surface area contributed by atoms with Crippen LogP contribution in [0.5, 0.6) is 0 Å². The number of nitrogens with one attached hydrogen (secondary N) is 1. The zero-order chi connectivity index (χ0) is 67.0. The van der Waals surface area contributed by atoms with E-state index in [0.29, 0.717) is 25.9 Å². The number of unbranched alkanes of at least 4 members (excludes halogenated alkanes) is 67. The van der Waals surface area contributed by atoms with Gasteiger partial charge in [0.2, 0.25) is 5.91 Å². The SMILES string of the molecule is CCCCCCCCC/C=C\CCCCCCCC(=O)OCCCCCCCCCCCCCCCC/C=C\CCCCCCCCCCCCCCCCCCCC(=O)NC(CO)C(O)CCCCCCCCCCCCCCCCCCCCCCCCCCC. The van der Waals surface area contributed by atoms with Crippen molar-refractivity contribution in [3.8, 4) is 0 Å². The third kappa shape index (κ3) is 79.2. The number of aliphatic hydroxyl groups excluding tert-OH is 2. The molecule has 0 radical (unpaired) electrons. The largest absolute Gasteiger partial charge is 0.466 e. The van der Waals surface area contributed by atoms with Crippen LogP contribution in [0.25, 0.3) is 0 Å². The molecule has 0 heterocycles. The Morgan fingerprint density at radius 1 is 0.290 bits per heavy atom. The molecule has 0 aromatic rings. The monoisotopic (exact) mass is 1310 g/mol. The van der Waals surface area contributed by atoms with Gasteiger partial charge in [0, 0.05) is 12.8 Å². The zero-order valence-corrected chi connectivity index (χ0v) is 63.5. The van der Waals surface area contributed by atoms with Gasteiger partial charge in [0.1, 0.15) is 0 Å². The molecule has 0 aliphatic heterocycles. The van der Waals surface area contributed by atoms with E-state index in [0.717, 1.165) is 44.9 Å². The first-order valence-electron chi connectivity index (χ1n) is 43.1. The van der Waals surface area contributed by atoms with Crippen molar-refractivity contribution in [3.63, 3.8) is 0 Å². The second-order valence-electron chi connectivity index (χ2n) is 29.9. The highest BCUT2D eigenvalue weighted by molar-refractivity contribution is 5.76. The molecule has 6 heteroatoms. The van der Waals surface area contributed by atoms with E-state index in [-0.39, 0.29) is 18.5 Å². The summed E-state index contributed by atoms with van der Waals surface area (Å²) in [5.74, 6) is -0.0110. The quantitative estimate of drug-likeness (QED) is 0.0320. The summed E-state index contributed by atoms with van der Waals surface area (Å²) in [5.41, 5.74) is 0. The predicted octanol–water partition coefficient (Wildman–Crippen LogP) is 28.8. The van der Waals surface area contributed by atoms with Crippen LogP contribution < -0.4 is 5.32 Å². The normalized spacial score (nSPS) is 12.5. The van der Waals surface area contributed by atoms with E-state index in [1.807, 2.05) is 0 Å². The molecule has 0 aliphatic rings. The van der Waals surface area contributed by atoms with Crippen molar-refractivity contribution < 1.29 is 24.5 Å². The molecule has 0 spiro atoms. The van der Waals surface area contributed by atoms with E-state index in [1.54, 1.807) is 0 Å². The molecular weight excluding hydrogens is 1140 g/mol. The van der Waals surface area contributed by atoms with Crippen LogP contribution in [-0.4, -0.2) is 47.4 Å². The molecular formula is C87H169NO5. The van der Waals surface area contributed by atoms with E-state index in [9.17, 15) is 19.8 Å². The third-order valence-electron chi connectivity index (χ3n) is 20.5. The number of esters is 1. The van der Waals surface area contributed by atoms with Gasteiger partial charge in [-0.15, -0.1) is 0 Å². The molecule has 3 N–H and O–H groups in total. The van der Waals surface area contributed by atoms with Gasteiger partial charge in [-0.3, -0.25) is 9.59 Å². The smallest absolute Gasteiger partial charge is 0.305 e. The average Bonchev–Trinajstić information content (AvgIpc) is 3.78. The summed E-state index contributed by atoms with van der Waals surface area (Å²) >= 11 is 0. The van der Waals surface area contributed by atoms with Gasteiger partial charge in [0.15, 0.2) is 0 Å². The van der Waals surface area contributed by atoms with Gasteiger partial charge in [-0.25, -0.2) is 0 Å². The van der Waals surface area contributed by atoms with Gasteiger partial charge in [-0.2, -0.15) is 0 Å². The molecule has 2 atom stereocenters. The topological polar surface area (TPSA) is 95.9 Å². The first-order valence-corrected chi connectivity index (χ1v) is 43.1. The maximum Gasteiger partial charge on any atom is 0.305 e. The highest BCUT2D eigenvalue weighted by atomic mass is 16.5. The Morgan fingerprint density at radius 3 is 0.763 bits per heavy atom. The minimum absolute atomic E-state index is 0.0140. The Bertz CT molecular complexity index is 1460. The van der Waals surface area contributed by atoms with E-state index >= 15 is 0 Å². The summed E-state index contributed by atoms with van der Waals surface area (Å²) < 4.78 is 5.51. The van der Waals surface area contributed by atoms with Crippen LogP contribution in [0, 0.1) is 0 Å². The van der Waals surface area contributed by atoms with Crippen molar-refractivity contribution in [2.45, 2.75) is 508 Å². The van der Waals surface area contributed by atoms with Crippen molar-refractivity contribution in [1.29, 1.82) is 0 Å². The first-order chi connectivity index (χ1) is 46.0.